The standard InChI is InChI=1S/C8H13NO3S/c1-5(8(11)12)9-7(10)6-2-3-13-4-6/h5-6H,2-4H2,1H3,(H,9,10)(H,11,12)/t5-,6?/m1/s1. The van der Waals surface area contributed by atoms with E-state index >= 15 is 0 Å². The zero-order valence-corrected chi connectivity index (χ0v) is 8.26. The smallest absolute Gasteiger partial charge is 0.325 e. The Labute approximate surface area is 81.1 Å². The third kappa shape index (κ3) is 2.91. The molecule has 0 spiro atoms. The Hall–Kier alpha value is -0.710. The number of carboxylic acid groups (broad SMARTS) is 1. The van der Waals surface area contributed by atoms with Crippen molar-refractivity contribution in [2.24, 2.45) is 5.92 Å². The van der Waals surface area contributed by atoms with Crippen LogP contribution in [0.2, 0.25) is 0 Å². The van der Waals surface area contributed by atoms with E-state index in [9.17, 15) is 9.59 Å². The van der Waals surface area contributed by atoms with Crippen LogP contribution in [0.1, 0.15) is 13.3 Å². The van der Waals surface area contributed by atoms with E-state index in [1.165, 1.54) is 6.92 Å². The minimum atomic E-state index is -0.987. The molecule has 0 bridgehead atoms. The van der Waals surface area contributed by atoms with Crippen molar-refractivity contribution in [2.75, 3.05) is 11.5 Å². The molecule has 1 fully saturated rings. The lowest BCUT2D eigenvalue weighted by atomic mass is 10.1. The van der Waals surface area contributed by atoms with Gasteiger partial charge in [0.25, 0.3) is 0 Å². The number of rotatable bonds is 3. The number of aliphatic carboxylic acids is 1. The van der Waals surface area contributed by atoms with Crippen LogP contribution in [-0.4, -0.2) is 34.5 Å². The molecule has 1 aliphatic rings. The van der Waals surface area contributed by atoms with Crippen LogP contribution in [0.3, 0.4) is 0 Å². The van der Waals surface area contributed by atoms with Crippen molar-refractivity contribution in [1.82, 2.24) is 5.32 Å². The first-order valence-corrected chi connectivity index (χ1v) is 5.37. The molecule has 0 aromatic heterocycles. The molecule has 0 radical (unpaired) electrons. The number of carboxylic acids is 1. The quantitative estimate of drug-likeness (QED) is 0.693. The topological polar surface area (TPSA) is 66.4 Å². The molecular formula is C8H13NO3S. The molecule has 74 valence electrons. The normalized spacial score (nSPS) is 23.9. The minimum absolute atomic E-state index is 0.00630. The molecule has 0 aromatic carbocycles. The van der Waals surface area contributed by atoms with Crippen LogP contribution in [-0.2, 0) is 9.59 Å². The summed E-state index contributed by atoms with van der Waals surface area (Å²) in [7, 11) is 0. The highest BCUT2D eigenvalue weighted by Gasteiger charge is 2.25. The van der Waals surface area contributed by atoms with E-state index in [1.54, 1.807) is 11.8 Å². The Bertz CT molecular complexity index is 213. The second-order valence-electron chi connectivity index (χ2n) is 3.13. The first-order valence-electron chi connectivity index (χ1n) is 4.22. The van der Waals surface area contributed by atoms with E-state index in [4.69, 9.17) is 5.11 Å². The average Bonchev–Trinajstić information content (AvgIpc) is 2.55. The Kier molecular flexibility index (Phi) is 3.59. The average molecular weight is 203 g/mol. The van der Waals surface area contributed by atoms with E-state index in [2.05, 4.69) is 5.32 Å². The lowest BCUT2D eigenvalue weighted by Gasteiger charge is -2.12. The van der Waals surface area contributed by atoms with Gasteiger partial charge >= 0.3 is 5.97 Å². The highest BCUT2D eigenvalue weighted by atomic mass is 32.2. The molecule has 1 aliphatic heterocycles. The van der Waals surface area contributed by atoms with Gasteiger partial charge in [-0.2, -0.15) is 11.8 Å². The summed E-state index contributed by atoms with van der Waals surface area (Å²) in [6.45, 7) is 1.47. The minimum Gasteiger partial charge on any atom is -0.480 e. The predicted molar refractivity (Wildman–Crippen MR) is 50.7 cm³/mol. The summed E-state index contributed by atoms with van der Waals surface area (Å²) in [5.41, 5.74) is 0. The van der Waals surface area contributed by atoms with Crippen LogP contribution in [0.25, 0.3) is 0 Å². The third-order valence-corrected chi connectivity index (χ3v) is 3.19. The van der Waals surface area contributed by atoms with Crippen LogP contribution in [0.5, 0.6) is 0 Å². The molecule has 1 heterocycles. The van der Waals surface area contributed by atoms with Gasteiger partial charge in [0.15, 0.2) is 0 Å². The Balaban J connectivity index is 2.35. The highest BCUT2D eigenvalue weighted by Crippen LogP contribution is 2.23. The molecular weight excluding hydrogens is 190 g/mol. The van der Waals surface area contributed by atoms with Crippen LogP contribution >= 0.6 is 11.8 Å². The molecule has 0 aromatic rings. The SMILES string of the molecule is C[C@@H](NC(=O)C1CCSC1)C(=O)O. The summed E-state index contributed by atoms with van der Waals surface area (Å²) in [5.74, 6) is 0.711. The summed E-state index contributed by atoms with van der Waals surface area (Å²) in [6, 6.07) is -0.780. The van der Waals surface area contributed by atoms with E-state index in [-0.39, 0.29) is 11.8 Å². The summed E-state index contributed by atoms with van der Waals surface area (Å²) in [5, 5.41) is 11.0. The first kappa shape index (κ1) is 10.4. The molecule has 1 amide bonds. The number of thioether (sulfide) groups is 1. The van der Waals surface area contributed by atoms with Gasteiger partial charge in [0, 0.05) is 11.7 Å². The molecule has 2 atom stereocenters. The second-order valence-corrected chi connectivity index (χ2v) is 4.28. The zero-order valence-electron chi connectivity index (χ0n) is 7.45. The van der Waals surface area contributed by atoms with Crippen molar-refractivity contribution in [1.29, 1.82) is 0 Å². The second kappa shape index (κ2) is 4.50. The van der Waals surface area contributed by atoms with Crippen molar-refractivity contribution in [3.05, 3.63) is 0 Å². The van der Waals surface area contributed by atoms with Crippen molar-refractivity contribution < 1.29 is 14.7 Å². The highest BCUT2D eigenvalue weighted by molar-refractivity contribution is 7.99. The summed E-state index contributed by atoms with van der Waals surface area (Å²) in [4.78, 5) is 21.8. The first-order chi connectivity index (χ1) is 6.11. The molecule has 1 unspecified atom stereocenters. The number of carbonyl (C=O) groups is 2. The summed E-state index contributed by atoms with van der Waals surface area (Å²) in [6.07, 6.45) is 0.864. The number of hydrogen-bond acceptors (Lipinski definition) is 3. The van der Waals surface area contributed by atoms with Crippen molar-refractivity contribution in [3.8, 4) is 0 Å². The summed E-state index contributed by atoms with van der Waals surface area (Å²) >= 11 is 1.74. The monoisotopic (exact) mass is 203 g/mol. The largest absolute Gasteiger partial charge is 0.480 e. The van der Waals surface area contributed by atoms with Crippen LogP contribution in [0.15, 0.2) is 0 Å². The van der Waals surface area contributed by atoms with Crippen LogP contribution in [0, 0.1) is 5.92 Å². The maximum absolute atomic E-state index is 11.4. The lowest BCUT2D eigenvalue weighted by molar-refractivity contribution is -0.141. The van der Waals surface area contributed by atoms with E-state index in [0.29, 0.717) is 0 Å². The molecule has 1 rings (SSSR count). The molecule has 0 saturated carbocycles. The van der Waals surface area contributed by atoms with Gasteiger partial charge in [0.2, 0.25) is 5.91 Å². The van der Waals surface area contributed by atoms with Gasteiger partial charge in [-0.05, 0) is 19.1 Å². The van der Waals surface area contributed by atoms with Crippen LogP contribution in [0.4, 0.5) is 0 Å². The van der Waals surface area contributed by atoms with E-state index < -0.39 is 12.0 Å². The Morgan fingerprint density at radius 1 is 1.62 bits per heavy atom. The van der Waals surface area contributed by atoms with E-state index in [1.807, 2.05) is 0 Å². The fourth-order valence-electron chi connectivity index (χ4n) is 1.13. The van der Waals surface area contributed by atoms with Gasteiger partial charge in [-0.15, -0.1) is 0 Å². The maximum Gasteiger partial charge on any atom is 0.325 e. The van der Waals surface area contributed by atoms with Gasteiger partial charge in [0.1, 0.15) is 6.04 Å². The molecule has 4 nitrogen and oxygen atoms in total. The predicted octanol–water partition coefficient (Wildman–Crippen LogP) is 0.329. The zero-order chi connectivity index (χ0) is 9.84. The molecule has 0 aliphatic carbocycles. The third-order valence-electron chi connectivity index (χ3n) is 2.03. The molecule has 1 saturated heterocycles. The fraction of sp³-hybridized carbons (Fsp3) is 0.750. The summed E-state index contributed by atoms with van der Waals surface area (Å²) < 4.78 is 0. The lowest BCUT2D eigenvalue weighted by Crippen LogP contribution is -2.41. The number of amides is 1. The van der Waals surface area contributed by atoms with Gasteiger partial charge in [-0.1, -0.05) is 0 Å². The fourth-order valence-corrected chi connectivity index (χ4v) is 2.35. The van der Waals surface area contributed by atoms with Crippen molar-refractivity contribution in [2.45, 2.75) is 19.4 Å². The maximum atomic E-state index is 11.4. The molecule has 2 N–H and O–H groups in total. The number of hydrogen-bond donors (Lipinski definition) is 2. The van der Waals surface area contributed by atoms with Gasteiger partial charge in [0.05, 0.1) is 0 Å². The van der Waals surface area contributed by atoms with Gasteiger partial charge < -0.3 is 10.4 Å². The molecule has 13 heavy (non-hydrogen) atoms. The van der Waals surface area contributed by atoms with Crippen molar-refractivity contribution in [3.63, 3.8) is 0 Å². The van der Waals surface area contributed by atoms with Crippen LogP contribution < -0.4 is 5.32 Å². The number of nitrogens with one attached hydrogen (secondary N) is 1. The van der Waals surface area contributed by atoms with Gasteiger partial charge in [-0.25, -0.2) is 0 Å². The van der Waals surface area contributed by atoms with Crippen molar-refractivity contribution >= 4 is 23.6 Å². The van der Waals surface area contributed by atoms with Gasteiger partial charge in [-0.3, -0.25) is 9.59 Å². The number of carbonyl (C=O) groups excluding carboxylic acids is 1. The molecule has 5 heteroatoms. The van der Waals surface area contributed by atoms with E-state index in [0.717, 1.165) is 17.9 Å². The Morgan fingerprint density at radius 2 is 2.31 bits per heavy atom. The Morgan fingerprint density at radius 3 is 2.77 bits per heavy atom.